The van der Waals surface area contributed by atoms with Crippen LogP contribution in [0.25, 0.3) is 0 Å². The first kappa shape index (κ1) is 16.7. The van der Waals surface area contributed by atoms with E-state index in [9.17, 15) is 9.59 Å². The molecule has 0 spiro atoms. The number of amides is 1. The van der Waals surface area contributed by atoms with Gasteiger partial charge in [0.15, 0.2) is 0 Å². The first-order valence-corrected chi connectivity index (χ1v) is 8.49. The fourth-order valence-electron chi connectivity index (χ4n) is 3.12. The van der Waals surface area contributed by atoms with Crippen LogP contribution in [-0.4, -0.2) is 35.4 Å². The number of hydrogen-bond acceptors (Lipinski definition) is 3. The first-order chi connectivity index (χ1) is 11.7. The van der Waals surface area contributed by atoms with Crippen molar-refractivity contribution in [2.75, 3.05) is 19.6 Å². The minimum absolute atomic E-state index is 0.00736. The summed E-state index contributed by atoms with van der Waals surface area (Å²) in [5.74, 6) is -0.367. The Kier molecular flexibility index (Phi) is 5.33. The lowest BCUT2D eigenvalue weighted by Crippen LogP contribution is -2.38. The Balaban J connectivity index is 1.78. The molecule has 0 radical (unpaired) electrons. The molecule has 6 heteroatoms. The third kappa shape index (κ3) is 3.68. The van der Waals surface area contributed by atoms with Crippen molar-refractivity contribution in [3.63, 3.8) is 0 Å². The summed E-state index contributed by atoms with van der Waals surface area (Å²) in [7, 11) is 0. The maximum Gasteiger partial charge on any atom is 0.260 e. The molecule has 0 saturated carbocycles. The summed E-state index contributed by atoms with van der Waals surface area (Å²) in [4.78, 5) is 28.9. The standard InChI is InChI=1S/C18H20ClN3O2/c19-15-8-2-1-6-13(15)16(22-10-3-4-11-22)12-21-18(24)14-7-5-9-20-17(14)23/h1-2,5-9,16H,3-4,10-12H2,(H,20,23)(H,21,24). The Morgan fingerprint density at radius 2 is 1.96 bits per heavy atom. The van der Waals surface area contributed by atoms with Gasteiger partial charge in [-0.1, -0.05) is 29.8 Å². The highest BCUT2D eigenvalue weighted by atomic mass is 35.5. The van der Waals surface area contributed by atoms with E-state index in [1.807, 2.05) is 24.3 Å². The molecule has 1 unspecified atom stereocenters. The molecule has 24 heavy (non-hydrogen) atoms. The summed E-state index contributed by atoms with van der Waals surface area (Å²) in [5, 5.41) is 3.58. The summed E-state index contributed by atoms with van der Waals surface area (Å²) in [6, 6.07) is 10.9. The Labute approximate surface area is 145 Å². The van der Waals surface area contributed by atoms with Crippen LogP contribution in [-0.2, 0) is 0 Å². The van der Waals surface area contributed by atoms with Crippen molar-refractivity contribution in [3.05, 3.63) is 69.1 Å². The van der Waals surface area contributed by atoms with Gasteiger partial charge < -0.3 is 10.3 Å². The van der Waals surface area contributed by atoms with Crippen molar-refractivity contribution in [2.45, 2.75) is 18.9 Å². The molecular formula is C18H20ClN3O2. The number of aromatic amines is 1. The van der Waals surface area contributed by atoms with Crippen LogP contribution in [0, 0.1) is 0 Å². The third-order valence-electron chi connectivity index (χ3n) is 4.36. The fraction of sp³-hybridized carbons (Fsp3) is 0.333. The van der Waals surface area contributed by atoms with Crippen molar-refractivity contribution in [1.82, 2.24) is 15.2 Å². The molecule has 126 valence electrons. The summed E-state index contributed by atoms with van der Waals surface area (Å²) < 4.78 is 0. The van der Waals surface area contributed by atoms with Crippen molar-refractivity contribution in [3.8, 4) is 0 Å². The SMILES string of the molecule is O=C(NCC(c1ccccc1Cl)N1CCCC1)c1ccc[nH]c1=O. The lowest BCUT2D eigenvalue weighted by Gasteiger charge is -2.28. The maximum atomic E-state index is 12.3. The van der Waals surface area contributed by atoms with Crippen LogP contribution in [0.5, 0.6) is 0 Å². The number of halogens is 1. The van der Waals surface area contributed by atoms with Gasteiger partial charge in [-0.15, -0.1) is 0 Å². The predicted octanol–water partition coefficient (Wildman–Crippen LogP) is 2.60. The molecule has 1 fully saturated rings. The van der Waals surface area contributed by atoms with Gasteiger partial charge in [0.1, 0.15) is 5.56 Å². The second-order valence-electron chi connectivity index (χ2n) is 5.90. The molecule has 1 atom stereocenters. The number of benzene rings is 1. The first-order valence-electron chi connectivity index (χ1n) is 8.11. The monoisotopic (exact) mass is 345 g/mol. The zero-order chi connectivity index (χ0) is 16.9. The van der Waals surface area contributed by atoms with Crippen molar-refractivity contribution in [1.29, 1.82) is 0 Å². The van der Waals surface area contributed by atoms with E-state index in [0.29, 0.717) is 11.6 Å². The van der Waals surface area contributed by atoms with Gasteiger partial charge in [-0.25, -0.2) is 0 Å². The van der Waals surface area contributed by atoms with Gasteiger partial charge in [-0.3, -0.25) is 14.5 Å². The zero-order valence-electron chi connectivity index (χ0n) is 13.3. The van der Waals surface area contributed by atoms with Gasteiger partial charge in [0.2, 0.25) is 0 Å². The molecule has 2 aromatic rings. The molecule has 2 N–H and O–H groups in total. The number of aromatic nitrogens is 1. The van der Waals surface area contributed by atoms with E-state index in [1.165, 1.54) is 12.3 Å². The second kappa shape index (κ2) is 7.64. The molecule has 0 aliphatic carbocycles. The van der Waals surface area contributed by atoms with Gasteiger partial charge in [0.25, 0.3) is 11.5 Å². The quantitative estimate of drug-likeness (QED) is 0.875. The van der Waals surface area contributed by atoms with Gasteiger partial charge in [-0.2, -0.15) is 0 Å². The molecule has 1 aromatic heterocycles. The van der Waals surface area contributed by atoms with Crippen molar-refractivity contribution < 1.29 is 4.79 Å². The molecule has 5 nitrogen and oxygen atoms in total. The number of carbonyl (C=O) groups is 1. The van der Waals surface area contributed by atoms with E-state index in [0.717, 1.165) is 31.5 Å². The summed E-state index contributed by atoms with van der Waals surface area (Å²) in [6.07, 6.45) is 3.80. The summed E-state index contributed by atoms with van der Waals surface area (Å²) >= 11 is 6.36. The molecule has 1 saturated heterocycles. The fourth-order valence-corrected chi connectivity index (χ4v) is 3.38. The lowest BCUT2D eigenvalue weighted by molar-refractivity contribution is 0.0936. The van der Waals surface area contributed by atoms with Crippen LogP contribution in [0.2, 0.25) is 5.02 Å². The number of pyridine rings is 1. The molecule has 1 amide bonds. The molecule has 2 heterocycles. The molecular weight excluding hydrogens is 326 g/mol. The average molecular weight is 346 g/mol. The largest absolute Gasteiger partial charge is 0.350 e. The Morgan fingerprint density at radius 3 is 2.67 bits per heavy atom. The van der Waals surface area contributed by atoms with E-state index in [-0.39, 0.29) is 23.1 Å². The Hall–Kier alpha value is -2.11. The second-order valence-corrected chi connectivity index (χ2v) is 6.31. The van der Waals surface area contributed by atoms with Gasteiger partial charge in [-0.05, 0) is 49.7 Å². The van der Waals surface area contributed by atoms with E-state index >= 15 is 0 Å². The maximum absolute atomic E-state index is 12.3. The van der Waals surface area contributed by atoms with Crippen LogP contribution in [0.1, 0.15) is 34.8 Å². The van der Waals surface area contributed by atoms with Crippen LogP contribution in [0.15, 0.2) is 47.4 Å². The lowest BCUT2D eigenvalue weighted by atomic mass is 10.1. The topological polar surface area (TPSA) is 65.2 Å². The molecule has 1 aliphatic rings. The highest BCUT2D eigenvalue weighted by molar-refractivity contribution is 6.31. The Morgan fingerprint density at radius 1 is 1.21 bits per heavy atom. The molecule has 3 rings (SSSR count). The van der Waals surface area contributed by atoms with E-state index < -0.39 is 0 Å². The van der Waals surface area contributed by atoms with Crippen LogP contribution < -0.4 is 10.9 Å². The predicted molar refractivity (Wildman–Crippen MR) is 94.4 cm³/mol. The molecule has 1 aliphatic heterocycles. The smallest absolute Gasteiger partial charge is 0.260 e. The molecule has 1 aromatic carbocycles. The van der Waals surface area contributed by atoms with Gasteiger partial charge >= 0.3 is 0 Å². The van der Waals surface area contributed by atoms with E-state index in [4.69, 9.17) is 11.6 Å². The number of carbonyl (C=O) groups excluding carboxylic acids is 1. The van der Waals surface area contributed by atoms with Crippen LogP contribution in [0.4, 0.5) is 0 Å². The van der Waals surface area contributed by atoms with Crippen LogP contribution >= 0.6 is 11.6 Å². The molecule has 0 bridgehead atoms. The Bertz CT molecular complexity index is 769. The number of nitrogens with zero attached hydrogens (tertiary/aromatic N) is 1. The van der Waals surface area contributed by atoms with Crippen molar-refractivity contribution in [2.24, 2.45) is 0 Å². The average Bonchev–Trinajstić information content (AvgIpc) is 3.11. The normalized spacial score (nSPS) is 16.0. The minimum atomic E-state index is -0.384. The number of nitrogens with one attached hydrogen (secondary N) is 2. The minimum Gasteiger partial charge on any atom is -0.350 e. The van der Waals surface area contributed by atoms with Crippen LogP contribution in [0.3, 0.4) is 0 Å². The number of hydrogen-bond donors (Lipinski definition) is 2. The number of rotatable bonds is 5. The summed E-state index contributed by atoms with van der Waals surface area (Å²) in [6.45, 7) is 2.38. The van der Waals surface area contributed by atoms with Crippen molar-refractivity contribution >= 4 is 17.5 Å². The zero-order valence-corrected chi connectivity index (χ0v) is 14.1. The van der Waals surface area contributed by atoms with Gasteiger partial charge in [0.05, 0.1) is 6.04 Å². The van der Waals surface area contributed by atoms with E-state index in [2.05, 4.69) is 15.2 Å². The number of likely N-dealkylation sites (tertiary alicyclic amines) is 1. The summed E-state index contributed by atoms with van der Waals surface area (Å²) in [5.41, 5.74) is 0.741. The van der Waals surface area contributed by atoms with Gasteiger partial charge in [0, 0.05) is 17.8 Å². The third-order valence-corrected chi connectivity index (χ3v) is 4.71. The highest BCUT2D eigenvalue weighted by Gasteiger charge is 2.25. The number of H-pyrrole nitrogens is 1. The highest BCUT2D eigenvalue weighted by Crippen LogP contribution is 2.29. The van der Waals surface area contributed by atoms with E-state index in [1.54, 1.807) is 6.07 Å².